The molecule has 0 unspecified atom stereocenters. The minimum atomic E-state index is 0.737. The first kappa shape index (κ1) is 88.0. The first-order valence-corrected chi connectivity index (χ1v) is 48.4. The maximum atomic E-state index is 5.08. The Balaban J connectivity index is 0.000000115. The molecule has 19 nitrogen and oxygen atoms in total. The Labute approximate surface area is 844 Å². The summed E-state index contributed by atoms with van der Waals surface area (Å²) in [6.07, 6.45) is 14.4. The molecule has 0 fully saturated rings. The van der Waals surface area contributed by atoms with Gasteiger partial charge in [-0.05, 0) is 301 Å². The molecule has 0 aliphatic carbocycles. The van der Waals surface area contributed by atoms with Gasteiger partial charge in [-0.3, -0.25) is 29.9 Å². The van der Waals surface area contributed by atoms with Crippen molar-refractivity contribution in [1.29, 1.82) is 0 Å². The SMILES string of the molecule is c1ccc(-c2cccc(-c3cc(-c4cccc(-c5ccccn5)c4)c4nn(-c5ccc(-c6ccc7ccccc7c6)cc5)nc4c3)c2)nc1.c1ccc(-c2cccc(-c3cc(-c4cccc(-c5ccccn5)n4)c4nn(-c5ccc(-c6ccc7ccccc7c6)cc5)nc4c3)n2)nc1.c1cncc(-c2cccc(-c3cc(-c4cccc(-c5cccnc5)n4)c4nn(-c5ccc(-c6cccc7ccccc67)cc5)nc4c3)n2)c1. The van der Waals surface area contributed by atoms with Crippen molar-refractivity contribution in [3.8, 4) is 186 Å². The molecular weight excluding hydrogens is 1800 g/mol. The fourth-order valence-electron chi connectivity index (χ4n) is 18.8. The van der Waals surface area contributed by atoms with Crippen molar-refractivity contribution in [3.05, 3.63) is 505 Å². The Bertz CT molecular complexity index is 9150. The Morgan fingerprint density at radius 1 is 0.150 bits per heavy atom. The zero-order valence-electron chi connectivity index (χ0n) is 78.9. The van der Waals surface area contributed by atoms with E-state index in [4.69, 9.17) is 50.5 Å². The van der Waals surface area contributed by atoms with Crippen LogP contribution in [0.4, 0.5) is 0 Å². The molecule has 147 heavy (non-hydrogen) atoms. The third-order valence-electron chi connectivity index (χ3n) is 26.2. The number of aromatic nitrogens is 19. The fourth-order valence-corrected chi connectivity index (χ4v) is 18.8. The second kappa shape index (κ2) is 39.3. The maximum absolute atomic E-state index is 5.08. The van der Waals surface area contributed by atoms with E-state index in [2.05, 4.69) is 303 Å². The second-order valence-electron chi connectivity index (χ2n) is 35.6. The van der Waals surface area contributed by atoms with Crippen LogP contribution in [0.3, 0.4) is 0 Å². The second-order valence-corrected chi connectivity index (χ2v) is 35.6. The summed E-state index contributed by atoms with van der Waals surface area (Å²) in [7, 11) is 0. The van der Waals surface area contributed by atoms with Crippen molar-refractivity contribution >= 4 is 65.4 Å². The maximum Gasteiger partial charge on any atom is 0.123 e. The van der Waals surface area contributed by atoms with Crippen LogP contribution in [-0.4, -0.2) is 94.8 Å². The van der Waals surface area contributed by atoms with Gasteiger partial charge in [0.05, 0.1) is 85.4 Å². The average Bonchev–Trinajstić information content (AvgIpc) is 1.64. The van der Waals surface area contributed by atoms with Crippen molar-refractivity contribution in [3.63, 3.8) is 0 Å². The van der Waals surface area contributed by atoms with Crippen molar-refractivity contribution in [2.24, 2.45) is 0 Å². The minimum Gasteiger partial charge on any atom is -0.264 e. The number of hydrogen-bond donors (Lipinski definition) is 0. The summed E-state index contributed by atoms with van der Waals surface area (Å²) in [6.45, 7) is 0. The third kappa shape index (κ3) is 18.4. The van der Waals surface area contributed by atoms with Gasteiger partial charge in [0.1, 0.15) is 33.1 Å². The molecule has 0 N–H and O–H groups in total. The van der Waals surface area contributed by atoms with Gasteiger partial charge in [-0.1, -0.05) is 237 Å². The van der Waals surface area contributed by atoms with Gasteiger partial charge in [0.15, 0.2) is 0 Å². The molecule has 14 aromatic carbocycles. The third-order valence-corrected chi connectivity index (χ3v) is 26.2. The van der Waals surface area contributed by atoms with E-state index in [0.717, 1.165) is 208 Å². The van der Waals surface area contributed by atoms with E-state index in [1.165, 1.54) is 43.4 Å². The van der Waals surface area contributed by atoms with E-state index in [0.29, 0.717) is 0 Å². The number of pyridine rings is 10. The Kier molecular flexibility index (Phi) is 23.5. The summed E-state index contributed by atoms with van der Waals surface area (Å²) in [6, 6.07) is 155. The largest absolute Gasteiger partial charge is 0.264 e. The van der Waals surface area contributed by atoms with Gasteiger partial charge >= 0.3 is 0 Å². The molecule has 0 saturated heterocycles. The summed E-state index contributed by atoms with van der Waals surface area (Å²) >= 11 is 0. The Morgan fingerprint density at radius 2 is 0.476 bits per heavy atom. The molecular formula is C128H83N19. The van der Waals surface area contributed by atoms with Crippen molar-refractivity contribution in [2.45, 2.75) is 0 Å². The number of nitrogens with zero attached hydrogens (tertiary/aromatic N) is 19. The van der Waals surface area contributed by atoms with E-state index in [1.807, 2.05) is 207 Å². The van der Waals surface area contributed by atoms with Crippen molar-refractivity contribution in [1.82, 2.24) is 94.8 Å². The van der Waals surface area contributed by atoms with Gasteiger partial charge in [-0.25, -0.2) is 19.9 Å². The number of hydrogen-bond acceptors (Lipinski definition) is 16. The lowest BCUT2D eigenvalue weighted by molar-refractivity contribution is 0.766. The monoisotopic (exact) mass is 1890 g/mol. The molecule has 19 heteroatoms. The highest BCUT2D eigenvalue weighted by atomic mass is 15.5. The summed E-state index contributed by atoms with van der Waals surface area (Å²) in [5.41, 5.74) is 35.9. The molecule has 0 aliphatic rings. The summed E-state index contributed by atoms with van der Waals surface area (Å²) < 4.78 is 0. The Hall–Kier alpha value is -20.4. The smallest absolute Gasteiger partial charge is 0.123 e. The van der Waals surface area contributed by atoms with Gasteiger partial charge in [-0.15, -0.1) is 30.6 Å². The molecule has 0 saturated carbocycles. The highest BCUT2D eigenvalue weighted by molar-refractivity contribution is 6.01. The normalized spacial score (nSPS) is 11.3. The van der Waals surface area contributed by atoms with Gasteiger partial charge in [0.25, 0.3) is 0 Å². The van der Waals surface area contributed by atoms with E-state index >= 15 is 0 Å². The van der Waals surface area contributed by atoms with E-state index < -0.39 is 0 Å². The number of rotatable bonds is 18. The molecule has 0 atom stereocenters. The van der Waals surface area contributed by atoms with Crippen molar-refractivity contribution < 1.29 is 0 Å². The molecule has 0 bridgehead atoms. The predicted molar refractivity (Wildman–Crippen MR) is 589 cm³/mol. The van der Waals surface area contributed by atoms with Gasteiger partial charge in [0, 0.05) is 99.6 Å². The number of benzene rings is 14. The average molecular weight is 1890 g/mol. The molecule has 690 valence electrons. The van der Waals surface area contributed by atoms with E-state index in [9.17, 15) is 0 Å². The lowest BCUT2D eigenvalue weighted by Crippen LogP contribution is -1.98. The fraction of sp³-hybridized carbons (Fsp3) is 0. The molecule has 0 radical (unpaired) electrons. The van der Waals surface area contributed by atoms with Crippen LogP contribution in [0.1, 0.15) is 0 Å². The summed E-state index contributed by atoms with van der Waals surface area (Å²) in [4.78, 5) is 52.1. The van der Waals surface area contributed by atoms with Crippen LogP contribution in [0.5, 0.6) is 0 Å². The molecule has 0 amide bonds. The van der Waals surface area contributed by atoms with Crippen LogP contribution < -0.4 is 0 Å². The lowest BCUT2D eigenvalue weighted by Gasteiger charge is -2.10. The highest BCUT2D eigenvalue weighted by Crippen LogP contribution is 2.42. The molecule has 0 spiro atoms. The van der Waals surface area contributed by atoms with Crippen LogP contribution in [0.15, 0.2) is 505 Å². The van der Waals surface area contributed by atoms with Gasteiger partial charge < -0.3 is 0 Å². The van der Waals surface area contributed by atoms with Crippen molar-refractivity contribution in [2.75, 3.05) is 0 Å². The standard InChI is InChI=1S/C44H29N5.2C42H27N7/c1-2-10-32-25-34(18-17-30(32)9-1)31-19-21-39(22-20-31)49-47-43-29-38(33-11-7-13-36(26-33)41-15-3-5-23-45-41)28-40(44(43)48-49)35-12-8-14-37(27-35)42-16-4-6-24-46-42;1-2-12-34-28(8-1)9-3-13-35(34)29-18-20-33(21-19-29)49-47-41-25-32(39-16-4-14-37(45-39)30-10-6-22-43-26-30)24-36(42(41)48-49)40-17-5-15-38(46-40)31-11-7-23-44-27-31;1-2-10-30-25-31(18-17-28(30)9-1)29-19-21-33(22-20-29)49-47-41-27-32(35-13-7-15-39(45-35)37-11-3-5-23-43-37)26-34(42(41)48-49)36-14-8-16-40(46-36)38-12-4-6-24-44-38/h1-29H;2*1-27H. The zero-order valence-corrected chi connectivity index (χ0v) is 78.9. The first-order chi connectivity index (χ1) is 72.8. The highest BCUT2D eigenvalue weighted by Gasteiger charge is 2.23. The molecule has 0 aliphatic heterocycles. The Morgan fingerprint density at radius 3 is 0.946 bits per heavy atom. The summed E-state index contributed by atoms with van der Waals surface area (Å²) in [5, 5.41) is 37.5. The quantitative estimate of drug-likeness (QED) is 0.0779. The minimum absolute atomic E-state index is 0.737. The predicted octanol–water partition coefficient (Wildman–Crippen LogP) is 29.7. The zero-order chi connectivity index (χ0) is 97.7. The molecule has 13 heterocycles. The van der Waals surface area contributed by atoms with Crippen LogP contribution in [0.25, 0.3) is 251 Å². The lowest BCUT2D eigenvalue weighted by atomic mass is 9.95. The van der Waals surface area contributed by atoms with Crippen LogP contribution in [0.2, 0.25) is 0 Å². The van der Waals surface area contributed by atoms with Gasteiger partial charge in [0.2, 0.25) is 0 Å². The molecule has 27 aromatic rings. The molecule has 13 aromatic heterocycles. The van der Waals surface area contributed by atoms with Crippen LogP contribution in [0, 0.1) is 0 Å². The van der Waals surface area contributed by atoms with Gasteiger partial charge in [-0.2, -0.15) is 14.4 Å². The summed E-state index contributed by atoms with van der Waals surface area (Å²) in [5.74, 6) is 0. The van der Waals surface area contributed by atoms with Crippen LogP contribution in [-0.2, 0) is 0 Å². The van der Waals surface area contributed by atoms with E-state index in [-0.39, 0.29) is 0 Å². The first-order valence-electron chi connectivity index (χ1n) is 48.4. The topological polar surface area (TPSA) is 221 Å². The van der Waals surface area contributed by atoms with E-state index in [1.54, 1.807) is 39.2 Å². The number of fused-ring (bicyclic) bond motifs is 6. The molecule has 27 rings (SSSR count). The van der Waals surface area contributed by atoms with Crippen LogP contribution >= 0.6 is 0 Å².